The van der Waals surface area contributed by atoms with E-state index in [1.807, 2.05) is 18.2 Å². The monoisotopic (exact) mass is 384 g/mol. The molecule has 0 spiro atoms. The second kappa shape index (κ2) is 7.15. The molecular weight excluding hydrogens is 364 g/mol. The van der Waals surface area contributed by atoms with Crippen molar-refractivity contribution in [3.63, 3.8) is 0 Å². The van der Waals surface area contributed by atoms with E-state index in [9.17, 15) is 13.2 Å². The molecule has 6 nitrogen and oxygen atoms in total. The largest absolute Gasteiger partial charge is 0.441 e. The molecule has 1 amide bonds. The summed E-state index contributed by atoms with van der Waals surface area (Å²) < 4.78 is 28.8. The predicted octanol–water partition coefficient (Wildman–Crippen LogP) is 2.53. The third-order valence-corrected chi connectivity index (χ3v) is 6.50. The van der Waals surface area contributed by atoms with E-state index < -0.39 is 9.84 Å². The molecule has 0 aliphatic carbocycles. The quantitative estimate of drug-likeness (QED) is 0.730. The number of nitrogens with one attached hydrogen (secondary N) is 1. The predicted molar refractivity (Wildman–Crippen MR) is 102 cm³/mol. The number of oxazole rings is 1. The van der Waals surface area contributed by atoms with E-state index in [0.29, 0.717) is 35.4 Å². The number of sulfone groups is 1. The minimum atomic E-state index is -3.03. The number of aryl methyl sites for hydroxylation is 2. The van der Waals surface area contributed by atoms with Crippen LogP contribution >= 0.6 is 0 Å². The van der Waals surface area contributed by atoms with Gasteiger partial charge >= 0.3 is 0 Å². The van der Waals surface area contributed by atoms with E-state index in [4.69, 9.17) is 4.42 Å². The molecule has 27 heavy (non-hydrogen) atoms. The zero-order valence-corrected chi connectivity index (χ0v) is 15.5. The Labute approximate surface area is 157 Å². The Morgan fingerprint density at radius 2 is 1.96 bits per heavy atom. The van der Waals surface area contributed by atoms with Crippen molar-refractivity contribution in [2.75, 3.05) is 11.5 Å². The third-order valence-electron chi connectivity index (χ3n) is 4.73. The lowest BCUT2D eigenvalue weighted by molar-refractivity contribution is 0.0941. The molecule has 1 fully saturated rings. The number of carbonyl (C=O) groups is 1. The zero-order chi connectivity index (χ0) is 18.9. The van der Waals surface area contributed by atoms with Crippen molar-refractivity contribution < 1.29 is 17.6 Å². The van der Waals surface area contributed by atoms with Crippen LogP contribution in [-0.4, -0.2) is 36.9 Å². The van der Waals surface area contributed by atoms with Gasteiger partial charge in [-0.15, -0.1) is 0 Å². The van der Waals surface area contributed by atoms with Crippen LogP contribution in [0.15, 0.2) is 52.9 Å². The van der Waals surface area contributed by atoms with Crippen LogP contribution in [0.1, 0.15) is 28.2 Å². The Balaban J connectivity index is 1.45. The molecule has 1 N–H and O–H groups in total. The molecule has 140 valence electrons. The SMILES string of the molecule is O=C(N[C@@H]1CCS(=O)(=O)C1)c1ccc2oc(CCc3ccccc3)nc2c1. The van der Waals surface area contributed by atoms with Gasteiger partial charge < -0.3 is 9.73 Å². The van der Waals surface area contributed by atoms with Crippen LogP contribution in [0.4, 0.5) is 0 Å². The van der Waals surface area contributed by atoms with Crippen molar-refractivity contribution >= 4 is 26.8 Å². The lowest BCUT2D eigenvalue weighted by Gasteiger charge is -2.10. The minimum absolute atomic E-state index is 0.00851. The van der Waals surface area contributed by atoms with Crippen molar-refractivity contribution in [3.8, 4) is 0 Å². The zero-order valence-electron chi connectivity index (χ0n) is 14.7. The van der Waals surface area contributed by atoms with Crippen LogP contribution in [0.25, 0.3) is 11.1 Å². The fourth-order valence-electron chi connectivity index (χ4n) is 3.30. The van der Waals surface area contributed by atoms with Crippen molar-refractivity contribution in [2.24, 2.45) is 0 Å². The summed E-state index contributed by atoms with van der Waals surface area (Å²) in [5.74, 6) is 0.487. The van der Waals surface area contributed by atoms with Crippen LogP contribution in [0, 0.1) is 0 Å². The van der Waals surface area contributed by atoms with Gasteiger partial charge in [0.05, 0.1) is 11.5 Å². The van der Waals surface area contributed by atoms with Gasteiger partial charge in [-0.2, -0.15) is 0 Å². The van der Waals surface area contributed by atoms with E-state index in [1.54, 1.807) is 18.2 Å². The summed E-state index contributed by atoms with van der Waals surface area (Å²) in [4.78, 5) is 16.9. The number of rotatable bonds is 5. The molecule has 4 rings (SSSR count). The summed E-state index contributed by atoms with van der Waals surface area (Å²) in [7, 11) is -3.03. The number of fused-ring (bicyclic) bond motifs is 1. The summed E-state index contributed by atoms with van der Waals surface area (Å²) in [6.07, 6.45) is 1.97. The van der Waals surface area contributed by atoms with Crippen LogP contribution in [0.5, 0.6) is 0 Å². The number of hydrogen-bond donors (Lipinski definition) is 1. The summed E-state index contributed by atoms with van der Waals surface area (Å²) in [6, 6.07) is 14.9. The number of hydrogen-bond acceptors (Lipinski definition) is 5. The molecule has 0 bridgehead atoms. The fraction of sp³-hybridized carbons (Fsp3) is 0.300. The lowest BCUT2D eigenvalue weighted by atomic mass is 10.1. The number of nitrogens with zero attached hydrogens (tertiary/aromatic N) is 1. The molecule has 1 aromatic heterocycles. The van der Waals surface area contributed by atoms with Gasteiger partial charge in [-0.25, -0.2) is 13.4 Å². The summed E-state index contributed by atoms with van der Waals surface area (Å²) in [6.45, 7) is 0. The molecule has 1 aliphatic rings. The molecule has 1 saturated heterocycles. The molecule has 0 saturated carbocycles. The lowest BCUT2D eigenvalue weighted by Crippen LogP contribution is -2.35. The van der Waals surface area contributed by atoms with E-state index in [1.165, 1.54) is 5.56 Å². The molecular formula is C20H20N2O4S. The number of aromatic nitrogens is 1. The smallest absolute Gasteiger partial charge is 0.251 e. The van der Waals surface area contributed by atoms with E-state index in [-0.39, 0.29) is 23.5 Å². The normalized spacial score (nSPS) is 18.6. The highest BCUT2D eigenvalue weighted by atomic mass is 32.2. The first-order valence-corrected chi connectivity index (χ1v) is 10.8. The molecule has 1 atom stereocenters. The van der Waals surface area contributed by atoms with Crippen LogP contribution < -0.4 is 5.32 Å². The van der Waals surface area contributed by atoms with Crippen molar-refractivity contribution in [1.29, 1.82) is 0 Å². The number of amides is 1. The second-order valence-corrected chi connectivity index (χ2v) is 9.08. The summed E-state index contributed by atoms with van der Waals surface area (Å²) in [5.41, 5.74) is 2.93. The average molecular weight is 384 g/mol. The number of carbonyl (C=O) groups excluding carboxylic acids is 1. The molecule has 0 radical (unpaired) electrons. The Hall–Kier alpha value is -2.67. The van der Waals surface area contributed by atoms with Crippen molar-refractivity contribution in [2.45, 2.75) is 25.3 Å². The van der Waals surface area contributed by atoms with Crippen LogP contribution in [0.2, 0.25) is 0 Å². The van der Waals surface area contributed by atoms with Gasteiger partial charge in [-0.3, -0.25) is 4.79 Å². The van der Waals surface area contributed by atoms with Gasteiger partial charge in [0.1, 0.15) is 5.52 Å². The molecule has 2 heterocycles. The maximum atomic E-state index is 12.4. The Morgan fingerprint density at radius 1 is 1.15 bits per heavy atom. The average Bonchev–Trinajstić information content (AvgIpc) is 3.22. The van der Waals surface area contributed by atoms with Gasteiger partial charge in [-0.05, 0) is 36.6 Å². The number of benzene rings is 2. The standard InChI is InChI=1S/C20H20N2O4S/c23-20(21-16-10-11-27(24,25)13-16)15-7-8-18-17(12-15)22-19(26-18)9-6-14-4-2-1-3-5-14/h1-5,7-8,12,16H,6,9-11,13H2,(H,21,23)/t16-/m1/s1. The Kier molecular flexibility index (Phi) is 4.70. The minimum Gasteiger partial charge on any atom is -0.441 e. The first kappa shape index (κ1) is 17.7. The third kappa shape index (κ3) is 4.19. The molecule has 2 aromatic carbocycles. The first-order valence-electron chi connectivity index (χ1n) is 8.93. The van der Waals surface area contributed by atoms with Crippen molar-refractivity contribution in [1.82, 2.24) is 10.3 Å². The van der Waals surface area contributed by atoms with Gasteiger partial charge in [0, 0.05) is 18.0 Å². The molecule has 1 aliphatic heterocycles. The highest BCUT2D eigenvalue weighted by Crippen LogP contribution is 2.19. The van der Waals surface area contributed by atoms with Gasteiger partial charge in [0.2, 0.25) is 0 Å². The second-order valence-electron chi connectivity index (χ2n) is 6.85. The summed E-state index contributed by atoms with van der Waals surface area (Å²) in [5, 5.41) is 2.79. The first-order chi connectivity index (χ1) is 13.0. The van der Waals surface area contributed by atoms with Crippen molar-refractivity contribution in [3.05, 3.63) is 65.5 Å². The summed E-state index contributed by atoms with van der Waals surface area (Å²) >= 11 is 0. The molecule has 7 heteroatoms. The maximum absolute atomic E-state index is 12.4. The van der Waals surface area contributed by atoms with Gasteiger partial charge in [0.25, 0.3) is 5.91 Å². The molecule has 0 unspecified atom stereocenters. The fourth-order valence-corrected chi connectivity index (χ4v) is 4.97. The Morgan fingerprint density at radius 3 is 2.70 bits per heavy atom. The Bertz CT molecular complexity index is 1070. The highest BCUT2D eigenvalue weighted by Gasteiger charge is 2.29. The van der Waals surface area contributed by atoms with Crippen LogP contribution in [-0.2, 0) is 22.7 Å². The van der Waals surface area contributed by atoms with E-state index >= 15 is 0 Å². The van der Waals surface area contributed by atoms with Gasteiger partial charge in [-0.1, -0.05) is 30.3 Å². The highest BCUT2D eigenvalue weighted by molar-refractivity contribution is 7.91. The van der Waals surface area contributed by atoms with Crippen LogP contribution in [0.3, 0.4) is 0 Å². The molecule has 3 aromatic rings. The van der Waals surface area contributed by atoms with E-state index in [2.05, 4.69) is 22.4 Å². The van der Waals surface area contributed by atoms with Gasteiger partial charge in [0.15, 0.2) is 21.3 Å². The van der Waals surface area contributed by atoms with E-state index in [0.717, 1.165) is 6.42 Å². The maximum Gasteiger partial charge on any atom is 0.251 e. The topological polar surface area (TPSA) is 89.3 Å².